The lowest BCUT2D eigenvalue weighted by Gasteiger charge is -2.05. The number of pyridine rings is 1. The molecule has 0 spiro atoms. The summed E-state index contributed by atoms with van der Waals surface area (Å²) < 4.78 is 1.90. The lowest BCUT2D eigenvalue weighted by Crippen LogP contribution is -2.06. The monoisotopic (exact) mass is 205 g/mol. The second-order valence-electron chi connectivity index (χ2n) is 4.14. The maximum atomic E-state index is 8.98. The molecule has 0 aliphatic rings. The van der Waals surface area contributed by atoms with Crippen LogP contribution in [0.1, 0.15) is 19.4 Å². The van der Waals surface area contributed by atoms with Gasteiger partial charge >= 0.3 is 0 Å². The van der Waals surface area contributed by atoms with Gasteiger partial charge in [0.2, 0.25) is 0 Å². The Kier molecular flexibility index (Phi) is 2.68. The van der Waals surface area contributed by atoms with E-state index in [9.17, 15) is 0 Å². The van der Waals surface area contributed by atoms with Crippen molar-refractivity contribution in [2.24, 2.45) is 5.92 Å². The third kappa shape index (κ3) is 1.99. The summed E-state index contributed by atoms with van der Waals surface area (Å²) in [4.78, 5) is 4.31. The quantitative estimate of drug-likeness (QED) is 0.827. The van der Waals surface area contributed by atoms with E-state index in [1.54, 1.807) is 12.4 Å². The Labute approximate surface area is 88.6 Å². The molecule has 0 saturated carbocycles. The molecule has 0 radical (unpaired) electrons. The number of rotatable bonds is 3. The molecule has 0 saturated heterocycles. The Balaban J connectivity index is 2.43. The molecule has 2 aromatic heterocycles. The number of aliphatic hydroxyl groups excluding tert-OH is 1. The number of hydrogen-bond acceptors (Lipinski definition) is 3. The van der Waals surface area contributed by atoms with Gasteiger partial charge in [0.1, 0.15) is 0 Å². The van der Waals surface area contributed by atoms with Crippen LogP contribution in [0.15, 0.2) is 18.5 Å². The molecular formula is C11H15N3O. The largest absolute Gasteiger partial charge is 0.392 e. The second kappa shape index (κ2) is 3.98. The van der Waals surface area contributed by atoms with Gasteiger partial charge in [-0.25, -0.2) is 9.67 Å². The molecule has 15 heavy (non-hydrogen) atoms. The van der Waals surface area contributed by atoms with Crippen molar-refractivity contribution < 1.29 is 5.11 Å². The topological polar surface area (TPSA) is 50.9 Å². The van der Waals surface area contributed by atoms with E-state index in [2.05, 4.69) is 23.9 Å². The Morgan fingerprint density at radius 3 is 2.87 bits per heavy atom. The predicted molar refractivity (Wildman–Crippen MR) is 58.3 cm³/mol. The van der Waals surface area contributed by atoms with Crippen LogP contribution < -0.4 is 0 Å². The third-order valence-corrected chi connectivity index (χ3v) is 2.25. The van der Waals surface area contributed by atoms with Gasteiger partial charge in [-0.2, -0.15) is 5.10 Å². The number of hydrogen-bond donors (Lipinski definition) is 1. The van der Waals surface area contributed by atoms with Crippen LogP contribution in [-0.4, -0.2) is 19.9 Å². The predicted octanol–water partition coefficient (Wildman–Crippen LogP) is 1.58. The average molecular weight is 205 g/mol. The minimum absolute atomic E-state index is 0.0261. The molecule has 0 unspecified atom stereocenters. The van der Waals surface area contributed by atoms with Gasteiger partial charge in [0.25, 0.3) is 0 Å². The Bertz CT molecular complexity index is 462. The van der Waals surface area contributed by atoms with E-state index >= 15 is 0 Å². The maximum Gasteiger partial charge on any atom is 0.157 e. The molecule has 0 bridgehead atoms. The highest BCUT2D eigenvalue weighted by atomic mass is 16.3. The van der Waals surface area contributed by atoms with E-state index < -0.39 is 0 Å². The van der Waals surface area contributed by atoms with Gasteiger partial charge in [-0.05, 0) is 17.5 Å². The van der Waals surface area contributed by atoms with E-state index in [1.165, 1.54) is 0 Å². The summed E-state index contributed by atoms with van der Waals surface area (Å²) in [6, 6.07) is 1.92. The van der Waals surface area contributed by atoms with Crippen LogP contribution >= 0.6 is 0 Å². The molecule has 0 fully saturated rings. The van der Waals surface area contributed by atoms with Crippen molar-refractivity contribution >= 4 is 11.0 Å². The van der Waals surface area contributed by atoms with Crippen LogP contribution in [-0.2, 0) is 13.2 Å². The normalized spacial score (nSPS) is 11.5. The molecule has 2 aromatic rings. The number of fused-ring (bicyclic) bond motifs is 1. The first kappa shape index (κ1) is 10.1. The Morgan fingerprint density at radius 1 is 1.40 bits per heavy atom. The van der Waals surface area contributed by atoms with Crippen LogP contribution in [0.3, 0.4) is 0 Å². The van der Waals surface area contributed by atoms with Crippen LogP contribution in [0, 0.1) is 5.92 Å². The van der Waals surface area contributed by atoms with Crippen molar-refractivity contribution in [1.29, 1.82) is 0 Å². The fraction of sp³-hybridized carbons (Fsp3) is 0.455. The highest BCUT2D eigenvalue weighted by Gasteiger charge is 2.06. The smallest absolute Gasteiger partial charge is 0.157 e. The molecule has 2 rings (SSSR count). The van der Waals surface area contributed by atoms with Crippen LogP contribution in [0.5, 0.6) is 0 Å². The fourth-order valence-corrected chi connectivity index (χ4v) is 1.58. The minimum atomic E-state index is 0.0261. The zero-order valence-electron chi connectivity index (χ0n) is 9.01. The molecule has 4 heteroatoms. The standard InChI is InChI=1S/C11H15N3O/c1-8(2)6-14-11-10(5-13-14)3-9(7-15)4-12-11/h3-5,8,15H,6-7H2,1-2H3. The van der Waals surface area contributed by atoms with E-state index in [4.69, 9.17) is 5.11 Å². The second-order valence-corrected chi connectivity index (χ2v) is 4.14. The van der Waals surface area contributed by atoms with Crippen LogP contribution in [0.4, 0.5) is 0 Å². The molecule has 1 N–H and O–H groups in total. The first-order chi connectivity index (χ1) is 7.20. The van der Waals surface area contributed by atoms with Crippen molar-refractivity contribution in [3.63, 3.8) is 0 Å². The van der Waals surface area contributed by atoms with E-state index in [-0.39, 0.29) is 6.61 Å². The summed E-state index contributed by atoms with van der Waals surface area (Å²) in [7, 11) is 0. The first-order valence-corrected chi connectivity index (χ1v) is 5.12. The Hall–Kier alpha value is -1.42. The highest BCUT2D eigenvalue weighted by Crippen LogP contribution is 2.14. The van der Waals surface area contributed by atoms with Gasteiger partial charge in [0, 0.05) is 18.1 Å². The Morgan fingerprint density at radius 2 is 2.20 bits per heavy atom. The van der Waals surface area contributed by atoms with Crippen molar-refractivity contribution in [2.45, 2.75) is 27.0 Å². The molecule has 4 nitrogen and oxygen atoms in total. The minimum Gasteiger partial charge on any atom is -0.392 e. The van der Waals surface area contributed by atoms with Crippen molar-refractivity contribution in [3.05, 3.63) is 24.0 Å². The third-order valence-electron chi connectivity index (χ3n) is 2.25. The summed E-state index contributed by atoms with van der Waals surface area (Å²) >= 11 is 0. The SMILES string of the molecule is CC(C)Cn1ncc2cc(CO)cnc21. The number of aliphatic hydroxyl groups is 1. The summed E-state index contributed by atoms with van der Waals surface area (Å²) in [6.07, 6.45) is 3.49. The van der Waals surface area contributed by atoms with Gasteiger partial charge in [-0.3, -0.25) is 0 Å². The summed E-state index contributed by atoms with van der Waals surface area (Å²) in [5.74, 6) is 0.549. The van der Waals surface area contributed by atoms with Gasteiger partial charge in [0.15, 0.2) is 5.65 Å². The summed E-state index contributed by atoms with van der Waals surface area (Å²) in [5, 5.41) is 14.3. The lowest BCUT2D eigenvalue weighted by atomic mass is 10.2. The van der Waals surface area contributed by atoms with Gasteiger partial charge in [0.05, 0.1) is 12.8 Å². The zero-order valence-corrected chi connectivity index (χ0v) is 9.01. The van der Waals surface area contributed by atoms with Crippen LogP contribution in [0.2, 0.25) is 0 Å². The summed E-state index contributed by atoms with van der Waals surface area (Å²) in [5.41, 5.74) is 1.72. The van der Waals surface area contributed by atoms with Gasteiger partial charge < -0.3 is 5.11 Å². The van der Waals surface area contributed by atoms with Crippen molar-refractivity contribution in [1.82, 2.24) is 14.8 Å². The van der Waals surface area contributed by atoms with Gasteiger partial charge in [-0.15, -0.1) is 0 Å². The molecule has 80 valence electrons. The molecule has 0 amide bonds. The molecule has 0 aromatic carbocycles. The maximum absolute atomic E-state index is 8.98. The van der Waals surface area contributed by atoms with E-state index in [0.717, 1.165) is 23.1 Å². The first-order valence-electron chi connectivity index (χ1n) is 5.12. The number of nitrogens with zero attached hydrogens (tertiary/aromatic N) is 3. The fourth-order valence-electron chi connectivity index (χ4n) is 1.58. The zero-order chi connectivity index (χ0) is 10.8. The average Bonchev–Trinajstić information content (AvgIpc) is 2.60. The highest BCUT2D eigenvalue weighted by molar-refractivity contribution is 5.74. The molecule has 0 aliphatic heterocycles. The van der Waals surface area contributed by atoms with Crippen LogP contribution in [0.25, 0.3) is 11.0 Å². The lowest BCUT2D eigenvalue weighted by molar-refractivity contribution is 0.281. The van der Waals surface area contributed by atoms with Crippen molar-refractivity contribution in [2.75, 3.05) is 0 Å². The molecular weight excluding hydrogens is 190 g/mol. The van der Waals surface area contributed by atoms with Crippen molar-refractivity contribution in [3.8, 4) is 0 Å². The molecule has 0 atom stereocenters. The molecule has 0 aliphatic carbocycles. The molecule has 2 heterocycles. The van der Waals surface area contributed by atoms with E-state index in [0.29, 0.717) is 5.92 Å². The van der Waals surface area contributed by atoms with Gasteiger partial charge in [-0.1, -0.05) is 13.8 Å². The number of aromatic nitrogens is 3. The van der Waals surface area contributed by atoms with E-state index in [1.807, 2.05) is 10.7 Å². The summed E-state index contributed by atoms with van der Waals surface area (Å²) in [6.45, 7) is 5.19.